The van der Waals surface area contributed by atoms with Crippen molar-refractivity contribution in [3.63, 3.8) is 0 Å². The predicted molar refractivity (Wildman–Crippen MR) is 300 cm³/mol. The Labute approximate surface area is 446 Å². The maximum atomic E-state index is 14.7. The summed E-state index contributed by atoms with van der Waals surface area (Å²) in [6, 6.07) is 47.9. The molecular formula is C67H60BrF3O4. The number of rotatable bonds is 13. The third kappa shape index (κ3) is 9.17. The van der Waals surface area contributed by atoms with Crippen molar-refractivity contribution in [1.82, 2.24) is 0 Å². The normalized spacial score (nSPS) is 17.2. The van der Waals surface area contributed by atoms with Crippen molar-refractivity contribution in [3.8, 4) is 50.6 Å². The summed E-state index contributed by atoms with van der Waals surface area (Å²) in [6.07, 6.45) is 10.0. The van der Waals surface area contributed by atoms with Gasteiger partial charge in [0.1, 0.15) is 17.2 Å². The van der Waals surface area contributed by atoms with Gasteiger partial charge in [0.25, 0.3) is 0 Å². The first-order valence-electron chi connectivity index (χ1n) is 26.3. The second-order valence-electron chi connectivity index (χ2n) is 21.2. The van der Waals surface area contributed by atoms with Gasteiger partial charge in [0, 0.05) is 43.1 Å². The van der Waals surface area contributed by atoms with Crippen molar-refractivity contribution in [2.75, 3.05) is 14.2 Å². The standard InChI is InChI=1S/C67H60BrF3O4/c1-6-7-8-9-41-10-12-42(13-11-41)43-14-16-44(17-15-43)45-18-22-47(23-19-45)63(72)48-24-20-46(21-25-48)49-38-58-60-55-35-30-52(67(69,70)71)40-57(55)64-56(62(60)65(2,3)61(58)59(68)39-49)36-37-66(75-64,50-26-31-53(73-4)32-27-50)51-28-33-54(74-5)34-29-51/h14-42H,6-13H2,1-5H3. The Bertz CT molecular complexity index is 3410. The number of alkyl halides is 3. The molecule has 380 valence electrons. The maximum Gasteiger partial charge on any atom is 0.416 e. The van der Waals surface area contributed by atoms with E-state index in [1.807, 2.05) is 109 Å². The molecular weight excluding hydrogens is 1010 g/mol. The van der Waals surface area contributed by atoms with E-state index in [0.29, 0.717) is 45.1 Å². The van der Waals surface area contributed by atoms with E-state index in [0.717, 1.165) is 71.6 Å². The van der Waals surface area contributed by atoms with Crippen LogP contribution in [0.4, 0.5) is 13.2 Å². The van der Waals surface area contributed by atoms with Gasteiger partial charge in [-0.25, -0.2) is 0 Å². The third-order valence-electron chi connectivity index (χ3n) is 16.4. The van der Waals surface area contributed by atoms with Gasteiger partial charge in [-0.2, -0.15) is 13.2 Å². The lowest BCUT2D eigenvalue weighted by atomic mass is 9.76. The Morgan fingerprint density at radius 3 is 1.76 bits per heavy atom. The molecule has 3 aliphatic rings. The van der Waals surface area contributed by atoms with Crippen LogP contribution < -0.4 is 14.2 Å². The molecule has 75 heavy (non-hydrogen) atoms. The number of benzene rings is 8. The lowest BCUT2D eigenvalue weighted by molar-refractivity contribution is -0.137. The molecule has 0 amide bonds. The van der Waals surface area contributed by atoms with E-state index in [1.165, 1.54) is 69.1 Å². The zero-order chi connectivity index (χ0) is 52.2. The van der Waals surface area contributed by atoms with E-state index in [9.17, 15) is 18.0 Å². The second-order valence-corrected chi connectivity index (χ2v) is 22.1. The Hall–Kier alpha value is -6.90. The van der Waals surface area contributed by atoms with Crippen LogP contribution in [0.5, 0.6) is 17.2 Å². The second kappa shape index (κ2) is 20.0. The first-order valence-corrected chi connectivity index (χ1v) is 27.1. The highest BCUT2D eigenvalue weighted by molar-refractivity contribution is 9.10. The van der Waals surface area contributed by atoms with Gasteiger partial charge in [0.05, 0.1) is 19.8 Å². The molecule has 0 aromatic heterocycles. The van der Waals surface area contributed by atoms with Crippen molar-refractivity contribution in [2.45, 2.75) is 95.2 Å². The van der Waals surface area contributed by atoms with E-state index < -0.39 is 22.8 Å². The maximum absolute atomic E-state index is 14.7. The molecule has 0 spiro atoms. The van der Waals surface area contributed by atoms with Gasteiger partial charge in [0.15, 0.2) is 11.4 Å². The number of ketones is 1. The van der Waals surface area contributed by atoms with Gasteiger partial charge < -0.3 is 14.2 Å². The Kier molecular flexibility index (Phi) is 13.4. The lowest BCUT2D eigenvalue weighted by Crippen LogP contribution is -2.35. The summed E-state index contributed by atoms with van der Waals surface area (Å²) in [4.78, 5) is 14.0. The molecule has 0 N–H and O–H groups in total. The average molecular weight is 1070 g/mol. The fraction of sp³-hybridized carbons (Fsp3) is 0.269. The molecule has 8 aromatic rings. The molecule has 1 aliphatic heterocycles. The fourth-order valence-electron chi connectivity index (χ4n) is 12.3. The minimum atomic E-state index is -4.60. The molecule has 1 saturated carbocycles. The number of hydrogen-bond donors (Lipinski definition) is 0. The van der Waals surface area contributed by atoms with E-state index >= 15 is 0 Å². The number of methoxy groups -OCH3 is 2. The number of carbonyl (C=O) groups excluding carboxylic acids is 1. The van der Waals surface area contributed by atoms with Crippen LogP contribution in [-0.4, -0.2) is 20.0 Å². The molecule has 8 aromatic carbocycles. The van der Waals surface area contributed by atoms with E-state index in [-0.39, 0.29) is 5.78 Å². The zero-order valence-corrected chi connectivity index (χ0v) is 44.6. The molecule has 0 bridgehead atoms. The monoisotopic (exact) mass is 1060 g/mol. The SMILES string of the molecule is CCCCCC1CCC(c2ccc(-c3ccc(C(=O)c4ccc(-c5cc(Br)c6c(c5)-c5c(c7c(c8cc(C(F)(F)F)ccc58)OC(c5ccc(OC)cc5)(c5ccc(OC)cc5)C=C7)C6(C)C)cc4)cc3)cc2)CC1. The number of hydrogen-bond acceptors (Lipinski definition) is 4. The Morgan fingerprint density at radius 2 is 1.21 bits per heavy atom. The van der Waals surface area contributed by atoms with Crippen LogP contribution in [0, 0.1) is 5.92 Å². The average Bonchev–Trinajstić information content (AvgIpc) is 3.69. The van der Waals surface area contributed by atoms with Gasteiger partial charge in [-0.15, -0.1) is 0 Å². The van der Waals surface area contributed by atoms with Crippen LogP contribution in [0.1, 0.15) is 133 Å². The molecule has 1 fully saturated rings. The fourth-order valence-corrected chi connectivity index (χ4v) is 13.3. The molecule has 0 unspecified atom stereocenters. The number of ether oxygens (including phenoxy) is 3. The highest BCUT2D eigenvalue weighted by Crippen LogP contribution is 2.60. The Balaban J connectivity index is 0.905. The number of fused-ring (bicyclic) bond motifs is 8. The van der Waals surface area contributed by atoms with Crippen LogP contribution in [-0.2, 0) is 17.2 Å². The molecule has 8 heteroatoms. The first kappa shape index (κ1) is 50.3. The Morgan fingerprint density at radius 1 is 0.653 bits per heavy atom. The minimum absolute atomic E-state index is 0.0627. The molecule has 2 aliphatic carbocycles. The molecule has 0 radical (unpaired) electrons. The molecule has 11 rings (SSSR count). The van der Waals surface area contributed by atoms with Crippen LogP contribution >= 0.6 is 15.9 Å². The number of halogens is 4. The number of carbonyl (C=O) groups is 1. The van der Waals surface area contributed by atoms with Crippen LogP contribution in [0.3, 0.4) is 0 Å². The summed E-state index contributed by atoms with van der Waals surface area (Å²) in [5, 5.41) is 1.00. The lowest BCUT2D eigenvalue weighted by Gasteiger charge is -2.38. The molecule has 4 nitrogen and oxygen atoms in total. The van der Waals surface area contributed by atoms with E-state index in [2.05, 4.69) is 73.1 Å². The van der Waals surface area contributed by atoms with Crippen molar-refractivity contribution < 1.29 is 32.2 Å². The van der Waals surface area contributed by atoms with Crippen molar-refractivity contribution >= 4 is 38.6 Å². The van der Waals surface area contributed by atoms with Gasteiger partial charge in [-0.3, -0.25) is 4.79 Å². The van der Waals surface area contributed by atoms with E-state index in [1.54, 1.807) is 20.3 Å². The molecule has 1 heterocycles. The first-order chi connectivity index (χ1) is 36.2. The summed E-state index contributed by atoms with van der Waals surface area (Å²) in [5.74, 6) is 3.15. The summed E-state index contributed by atoms with van der Waals surface area (Å²) in [6.45, 7) is 6.59. The highest BCUT2D eigenvalue weighted by Gasteiger charge is 2.46. The summed E-state index contributed by atoms with van der Waals surface area (Å²) < 4.78 is 63.4. The van der Waals surface area contributed by atoms with Crippen molar-refractivity contribution in [3.05, 3.63) is 212 Å². The van der Waals surface area contributed by atoms with Crippen molar-refractivity contribution in [2.24, 2.45) is 5.92 Å². The van der Waals surface area contributed by atoms with Gasteiger partial charge in [-0.05, 0) is 148 Å². The highest BCUT2D eigenvalue weighted by atomic mass is 79.9. The van der Waals surface area contributed by atoms with Crippen LogP contribution in [0.25, 0.3) is 50.2 Å². The largest absolute Gasteiger partial charge is 0.497 e. The third-order valence-corrected chi connectivity index (χ3v) is 17.1. The van der Waals surface area contributed by atoms with Crippen LogP contribution in [0.15, 0.2) is 162 Å². The van der Waals surface area contributed by atoms with E-state index in [4.69, 9.17) is 14.2 Å². The zero-order valence-electron chi connectivity index (χ0n) is 43.0. The molecule has 0 saturated heterocycles. The van der Waals surface area contributed by atoms with Gasteiger partial charge in [-0.1, -0.05) is 172 Å². The van der Waals surface area contributed by atoms with Gasteiger partial charge >= 0.3 is 6.18 Å². The predicted octanol–water partition coefficient (Wildman–Crippen LogP) is 18.7. The number of unbranched alkanes of at least 4 members (excludes halogenated alkanes) is 2. The summed E-state index contributed by atoms with van der Waals surface area (Å²) >= 11 is 3.98. The smallest absolute Gasteiger partial charge is 0.416 e. The minimum Gasteiger partial charge on any atom is -0.497 e. The molecule has 0 atom stereocenters. The quantitative estimate of drug-likeness (QED) is 0.0853. The van der Waals surface area contributed by atoms with Gasteiger partial charge in [0.2, 0.25) is 0 Å². The summed E-state index contributed by atoms with van der Waals surface area (Å²) in [5.41, 5.74) is 10.1. The topological polar surface area (TPSA) is 44.8 Å². The summed E-state index contributed by atoms with van der Waals surface area (Å²) in [7, 11) is 3.21. The van der Waals surface area contributed by atoms with Crippen molar-refractivity contribution in [1.29, 1.82) is 0 Å². The van der Waals surface area contributed by atoms with Crippen LogP contribution in [0.2, 0.25) is 0 Å².